The zero-order valence-electron chi connectivity index (χ0n) is 16.5. The first-order chi connectivity index (χ1) is 11.1. The van der Waals surface area contributed by atoms with Crippen LogP contribution in [-0.4, -0.2) is 18.4 Å². The minimum atomic E-state index is -2.25. The zero-order valence-corrected chi connectivity index (χ0v) is 19.3. The predicted molar refractivity (Wildman–Crippen MR) is 110 cm³/mol. The van der Waals surface area contributed by atoms with Crippen LogP contribution >= 0.6 is 0 Å². The van der Waals surface area contributed by atoms with Crippen molar-refractivity contribution in [3.8, 4) is 0 Å². The maximum absolute atomic E-state index is 2.55. The molecule has 0 saturated carbocycles. The van der Waals surface area contributed by atoms with Gasteiger partial charge >= 0.3 is 151 Å². The van der Waals surface area contributed by atoms with Crippen LogP contribution in [0.2, 0.25) is 13.3 Å². The van der Waals surface area contributed by atoms with Gasteiger partial charge in [0.25, 0.3) is 0 Å². The topological polar surface area (TPSA) is 0 Å². The molecule has 0 amide bonds. The third-order valence-corrected chi connectivity index (χ3v) is 21.1. The van der Waals surface area contributed by atoms with E-state index < -0.39 is 18.4 Å². The Hall–Kier alpha value is 0.0187. The monoisotopic (exact) mass is 424 g/mol. The van der Waals surface area contributed by atoms with Gasteiger partial charge in [0, 0.05) is 0 Å². The SMILES string of the molecule is CCC[CH2][Sn]([CH2]CCC)([CH2]CCC)[c]1ccccc1CC(C)C. The van der Waals surface area contributed by atoms with E-state index in [4.69, 9.17) is 0 Å². The molecule has 132 valence electrons. The van der Waals surface area contributed by atoms with Crippen molar-refractivity contribution in [1.82, 2.24) is 0 Å². The summed E-state index contributed by atoms with van der Waals surface area (Å²) in [6.07, 6.45) is 9.74. The molecule has 0 spiro atoms. The molecule has 1 aromatic rings. The molecule has 0 fully saturated rings. The van der Waals surface area contributed by atoms with Crippen LogP contribution in [0.25, 0.3) is 0 Å². The van der Waals surface area contributed by atoms with Crippen molar-refractivity contribution in [2.45, 2.75) is 92.9 Å². The summed E-state index contributed by atoms with van der Waals surface area (Å²) in [6.45, 7) is 11.9. The fraction of sp³-hybridized carbons (Fsp3) is 0.727. The second-order valence-corrected chi connectivity index (χ2v) is 21.0. The first kappa shape index (κ1) is 21.1. The molecule has 0 bridgehead atoms. The molecule has 0 aliphatic rings. The molecule has 0 unspecified atom stereocenters. The van der Waals surface area contributed by atoms with Crippen LogP contribution in [0.3, 0.4) is 0 Å². The summed E-state index contributed by atoms with van der Waals surface area (Å²) in [7, 11) is 0. The molecule has 0 aliphatic heterocycles. The summed E-state index contributed by atoms with van der Waals surface area (Å²) in [5.41, 5.74) is 1.71. The van der Waals surface area contributed by atoms with Gasteiger partial charge in [0.05, 0.1) is 0 Å². The van der Waals surface area contributed by atoms with Crippen LogP contribution in [0, 0.1) is 5.92 Å². The predicted octanol–water partition coefficient (Wildman–Crippen LogP) is 6.94. The quantitative estimate of drug-likeness (QED) is 0.320. The van der Waals surface area contributed by atoms with E-state index in [0.717, 1.165) is 5.92 Å². The van der Waals surface area contributed by atoms with Gasteiger partial charge in [-0.2, -0.15) is 0 Å². The van der Waals surface area contributed by atoms with Gasteiger partial charge in [0.1, 0.15) is 0 Å². The molecule has 1 heteroatoms. The molecular formula is C22H40Sn. The summed E-state index contributed by atoms with van der Waals surface area (Å²) >= 11 is -2.25. The van der Waals surface area contributed by atoms with Crippen molar-refractivity contribution >= 4 is 22.0 Å². The Morgan fingerprint density at radius 2 is 1.26 bits per heavy atom. The second-order valence-electron chi connectivity index (χ2n) is 7.85. The van der Waals surface area contributed by atoms with Gasteiger partial charge in [-0.15, -0.1) is 0 Å². The van der Waals surface area contributed by atoms with E-state index in [-0.39, 0.29) is 0 Å². The van der Waals surface area contributed by atoms with Crippen molar-refractivity contribution < 1.29 is 0 Å². The maximum atomic E-state index is 2.55. The Bertz CT molecular complexity index is 400. The summed E-state index contributed by atoms with van der Waals surface area (Å²) in [6, 6.07) is 9.60. The fourth-order valence-electron chi connectivity index (χ4n) is 3.98. The summed E-state index contributed by atoms with van der Waals surface area (Å²) < 4.78 is 6.65. The molecular weight excluding hydrogens is 383 g/mol. The molecule has 0 atom stereocenters. The minimum absolute atomic E-state index is 0.767. The Morgan fingerprint density at radius 1 is 0.783 bits per heavy atom. The van der Waals surface area contributed by atoms with Crippen molar-refractivity contribution in [3.63, 3.8) is 0 Å². The molecule has 0 saturated heterocycles. The summed E-state index contributed by atoms with van der Waals surface area (Å²) in [5, 5.41) is 0. The van der Waals surface area contributed by atoms with Gasteiger partial charge < -0.3 is 0 Å². The molecule has 0 heterocycles. The van der Waals surface area contributed by atoms with Crippen LogP contribution < -0.4 is 3.58 Å². The number of rotatable bonds is 12. The molecule has 23 heavy (non-hydrogen) atoms. The van der Waals surface area contributed by atoms with Crippen LogP contribution in [0.5, 0.6) is 0 Å². The molecule has 0 N–H and O–H groups in total. The van der Waals surface area contributed by atoms with Crippen molar-refractivity contribution in [3.05, 3.63) is 29.8 Å². The van der Waals surface area contributed by atoms with Crippen molar-refractivity contribution in [1.29, 1.82) is 0 Å². The first-order valence-corrected chi connectivity index (χ1v) is 17.7. The van der Waals surface area contributed by atoms with Gasteiger partial charge in [-0.25, -0.2) is 0 Å². The van der Waals surface area contributed by atoms with E-state index in [1.165, 1.54) is 44.9 Å². The van der Waals surface area contributed by atoms with Crippen LogP contribution in [-0.2, 0) is 6.42 Å². The van der Waals surface area contributed by atoms with E-state index in [0.29, 0.717) is 0 Å². The van der Waals surface area contributed by atoms with Gasteiger partial charge in [0.15, 0.2) is 0 Å². The third-order valence-electron chi connectivity index (χ3n) is 5.24. The van der Waals surface area contributed by atoms with E-state index in [1.807, 2.05) is 3.58 Å². The van der Waals surface area contributed by atoms with E-state index in [1.54, 1.807) is 18.9 Å². The third kappa shape index (κ3) is 6.80. The number of benzene rings is 1. The van der Waals surface area contributed by atoms with E-state index >= 15 is 0 Å². The van der Waals surface area contributed by atoms with Crippen LogP contribution in [0.15, 0.2) is 24.3 Å². The Balaban J connectivity index is 3.22. The second kappa shape index (κ2) is 11.6. The number of hydrogen-bond donors (Lipinski definition) is 0. The summed E-state index contributed by atoms with van der Waals surface area (Å²) in [4.78, 5) is 0. The van der Waals surface area contributed by atoms with Crippen molar-refractivity contribution in [2.24, 2.45) is 5.92 Å². The van der Waals surface area contributed by atoms with Gasteiger partial charge in [-0.1, -0.05) is 0 Å². The average molecular weight is 423 g/mol. The summed E-state index contributed by atoms with van der Waals surface area (Å²) in [5.74, 6) is 0.767. The number of hydrogen-bond acceptors (Lipinski definition) is 0. The van der Waals surface area contributed by atoms with Gasteiger partial charge in [-0.05, 0) is 0 Å². The van der Waals surface area contributed by atoms with Crippen molar-refractivity contribution in [2.75, 3.05) is 0 Å². The molecule has 0 radical (unpaired) electrons. The number of unbranched alkanes of at least 4 members (excludes halogenated alkanes) is 3. The molecule has 0 aromatic heterocycles. The van der Waals surface area contributed by atoms with Gasteiger partial charge in [0.2, 0.25) is 0 Å². The van der Waals surface area contributed by atoms with Crippen LogP contribution in [0.1, 0.15) is 78.7 Å². The normalized spacial score (nSPS) is 12.1. The Kier molecular flexibility index (Phi) is 10.6. The zero-order chi connectivity index (χ0) is 17.1. The average Bonchev–Trinajstić information content (AvgIpc) is 2.55. The Morgan fingerprint density at radius 3 is 1.70 bits per heavy atom. The molecule has 0 aliphatic carbocycles. The van der Waals surface area contributed by atoms with E-state index in [9.17, 15) is 0 Å². The molecule has 0 nitrogen and oxygen atoms in total. The molecule has 1 aromatic carbocycles. The first-order valence-electron chi connectivity index (χ1n) is 10.2. The standard InChI is InChI=1S/C10H13.3C4H9.Sn/c1-9(2)8-10-6-4-3-5-7-10;3*1-3-4-2;/h3-6,9H,8H2,1-2H3;3*1,3-4H2,2H3;. The van der Waals surface area contributed by atoms with Crippen LogP contribution in [0.4, 0.5) is 0 Å². The van der Waals surface area contributed by atoms with E-state index in [2.05, 4.69) is 58.9 Å². The molecule has 1 rings (SSSR count). The Labute approximate surface area is 150 Å². The fourth-order valence-corrected chi connectivity index (χ4v) is 21.0. The van der Waals surface area contributed by atoms with Gasteiger partial charge in [-0.3, -0.25) is 0 Å².